The molecule has 1 aromatic heterocycles. The number of hydrogen-bond acceptors (Lipinski definition) is 4. The molecule has 0 bridgehead atoms. The zero-order valence-corrected chi connectivity index (χ0v) is 10.3. The summed E-state index contributed by atoms with van der Waals surface area (Å²) in [5.41, 5.74) is 1.80. The van der Waals surface area contributed by atoms with Crippen molar-refractivity contribution < 1.29 is 9.15 Å². The molecular weight excluding hydrogens is 216 g/mol. The topological polar surface area (TPSA) is 47.3 Å². The zero-order valence-electron chi connectivity index (χ0n) is 10.3. The monoisotopic (exact) mass is 232 g/mol. The second kappa shape index (κ2) is 5.01. The van der Waals surface area contributed by atoms with Gasteiger partial charge >= 0.3 is 0 Å². The van der Waals surface area contributed by atoms with Crippen LogP contribution in [0.15, 0.2) is 28.7 Å². The van der Waals surface area contributed by atoms with Crippen molar-refractivity contribution in [1.29, 1.82) is 0 Å². The van der Waals surface area contributed by atoms with Crippen LogP contribution in [-0.4, -0.2) is 19.1 Å². The third-order valence-electron chi connectivity index (χ3n) is 2.57. The van der Waals surface area contributed by atoms with Gasteiger partial charge in [-0.15, -0.1) is 0 Å². The van der Waals surface area contributed by atoms with Crippen molar-refractivity contribution in [1.82, 2.24) is 10.3 Å². The van der Waals surface area contributed by atoms with E-state index >= 15 is 0 Å². The van der Waals surface area contributed by atoms with Crippen molar-refractivity contribution in [2.24, 2.45) is 0 Å². The summed E-state index contributed by atoms with van der Waals surface area (Å²) in [7, 11) is 3.53. The average Bonchev–Trinajstić information content (AvgIpc) is 2.71. The highest BCUT2D eigenvalue weighted by Crippen LogP contribution is 2.30. The fourth-order valence-corrected chi connectivity index (χ4v) is 1.70. The number of ether oxygens (including phenoxy) is 1. The maximum atomic E-state index is 5.66. The number of aryl methyl sites for hydroxylation is 1. The molecular formula is C13H16N2O2. The van der Waals surface area contributed by atoms with Crippen molar-refractivity contribution in [3.63, 3.8) is 0 Å². The van der Waals surface area contributed by atoms with Crippen LogP contribution in [0.2, 0.25) is 0 Å². The molecule has 0 fully saturated rings. The fourth-order valence-electron chi connectivity index (χ4n) is 1.70. The quantitative estimate of drug-likeness (QED) is 0.879. The molecule has 0 saturated heterocycles. The summed E-state index contributed by atoms with van der Waals surface area (Å²) in [6, 6.07) is 7.70. The van der Waals surface area contributed by atoms with Crippen LogP contribution in [-0.2, 0) is 6.54 Å². The number of rotatable bonds is 4. The second-order valence-corrected chi connectivity index (χ2v) is 3.75. The fraction of sp³-hybridized carbons (Fsp3) is 0.308. The number of nitrogens with zero attached hydrogens (tertiary/aromatic N) is 1. The molecule has 4 heteroatoms. The van der Waals surface area contributed by atoms with Crippen molar-refractivity contribution in [3.05, 3.63) is 35.7 Å². The molecule has 2 rings (SSSR count). The zero-order chi connectivity index (χ0) is 12.3. The Bertz CT molecular complexity index is 506. The summed E-state index contributed by atoms with van der Waals surface area (Å²) >= 11 is 0. The molecule has 4 nitrogen and oxygen atoms in total. The Morgan fingerprint density at radius 1 is 1.35 bits per heavy atom. The van der Waals surface area contributed by atoms with Crippen molar-refractivity contribution >= 4 is 0 Å². The third kappa shape index (κ3) is 2.31. The second-order valence-electron chi connectivity index (χ2n) is 3.75. The van der Waals surface area contributed by atoms with E-state index in [-0.39, 0.29) is 0 Å². The van der Waals surface area contributed by atoms with E-state index in [1.807, 2.05) is 38.2 Å². The van der Waals surface area contributed by atoms with Crippen LogP contribution >= 0.6 is 0 Å². The van der Waals surface area contributed by atoms with Crippen molar-refractivity contribution in [2.45, 2.75) is 13.5 Å². The summed E-state index contributed by atoms with van der Waals surface area (Å²) < 4.78 is 11.0. The van der Waals surface area contributed by atoms with Crippen LogP contribution in [0.3, 0.4) is 0 Å². The van der Waals surface area contributed by atoms with E-state index in [1.54, 1.807) is 7.11 Å². The number of methoxy groups -OCH3 is 1. The summed E-state index contributed by atoms with van der Waals surface area (Å²) in [6.45, 7) is 2.61. The highest BCUT2D eigenvalue weighted by atomic mass is 16.5. The molecule has 0 spiro atoms. The van der Waals surface area contributed by atoms with Gasteiger partial charge in [-0.05, 0) is 26.1 Å². The van der Waals surface area contributed by atoms with Gasteiger partial charge in [0.1, 0.15) is 11.5 Å². The maximum absolute atomic E-state index is 5.66. The largest absolute Gasteiger partial charge is 0.496 e. The number of oxazole rings is 1. The standard InChI is InChI=1S/C13H16N2O2/c1-9-11(8-14-2)15-13(17-9)10-6-4-5-7-12(10)16-3/h4-7,14H,8H2,1-3H3. The molecule has 1 heterocycles. The molecule has 0 unspecified atom stereocenters. The molecule has 1 N–H and O–H groups in total. The molecule has 0 aliphatic heterocycles. The first-order valence-corrected chi connectivity index (χ1v) is 5.50. The van der Waals surface area contributed by atoms with E-state index < -0.39 is 0 Å². The molecule has 0 aliphatic rings. The van der Waals surface area contributed by atoms with Gasteiger partial charge in [-0.1, -0.05) is 12.1 Å². The molecule has 17 heavy (non-hydrogen) atoms. The van der Waals surface area contributed by atoms with E-state index in [2.05, 4.69) is 10.3 Å². The summed E-state index contributed by atoms with van der Waals surface area (Å²) in [5.74, 6) is 2.20. The molecule has 0 saturated carbocycles. The molecule has 0 atom stereocenters. The highest BCUT2D eigenvalue weighted by Gasteiger charge is 2.13. The van der Waals surface area contributed by atoms with Crippen molar-refractivity contribution in [3.8, 4) is 17.2 Å². The van der Waals surface area contributed by atoms with Crippen LogP contribution in [0.4, 0.5) is 0 Å². The first-order valence-electron chi connectivity index (χ1n) is 5.50. The van der Waals surface area contributed by atoms with Crippen LogP contribution in [0.5, 0.6) is 5.75 Å². The van der Waals surface area contributed by atoms with Gasteiger partial charge in [0.2, 0.25) is 5.89 Å². The minimum absolute atomic E-state index is 0.602. The number of hydrogen-bond donors (Lipinski definition) is 1. The van der Waals surface area contributed by atoms with Gasteiger partial charge < -0.3 is 14.5 Å². The Morgan fingerprint density at radius 3 is 2.82 bits per heavy atom. The Balaban J connectivity index is 2.42. The molecule has 90 valence electrons. The summed E-state index contributed by atoms with van der Waals surface area (Å²) in [4.78, 5) is 4.47. The lowest BCUT2D eigenvalue weighted by Gasteiger charge is -2.03. The van der Waals surface area contributed by atoms with Crippen LogP contribution in [0.25, 0.3) is 11.5 Å². The molecule has 1 aromatic carbocycles. The van der Waals surface area contributed by atoms with Crippen molar-refractivity contribution in [2.75, 3.05) is 14.2 Å². The number of benzene rings is 1. The van der Waals surface area contributed by atoms with Gasteiger partial charge in [-0.2, -0.15) is 0 Å². The molecule has 0 amide bonds. The van der Waals surface area contributed by atoms with E-state index in [1.165, 1.54) is 0 Å². The molecule has 0 aliphatic carbocycles. The Hall–Kier alpha value is -1.81. The normalized spacial score (nSPS) is 10.5. The Labute approximate surface area is 101 Å². The molecule has 2 aromatic rings. The molecule has 0 radical (unpaired) electrons. The smallest absolute Gasteiger partial charge is 0.230 e. The van der Waals surface area contributed by atoms with Crippen LogP contribution in [0, 0.1) is 6.92 Å². The van der Waals surface area contributed by atoms with Gasteiger partial charge in [0.05, 0.1) is 18.4 Å². The lowest BCUT2D eigenvalue weighted by Crippen LogP contribution is -2.06. The Morgan fingerprint density at radius 2 is 2.12 bits per heavy atom. The van der Waals surface area contributed by atoms with E-state index in [0.29, 0.717) is 12.4 Å². The van der Waals surface area contributed by atoms with Gasteiger partial charge in [0.25, 0.3) is 0 Å². The summed E-state index contributed by atoms with van der Waals surface area (Å²) in [6.07, 6.45) is 0. The lowest BCUT2D eigenvalue weighted by atomic mass is 10.2. The lowest BCUT2D eigenvalue weighted by molar-refractivity contribution is 0.414. The minimum atomic E-state index is 0.602. The average molecular weight is 232 g/mol. The highest BCUT2D eigenvalue weighted by molar-refractivity contribution is 5.62. The van der Waals surface area contributed by atoms with E-state index in [4.69, 9.17) is 9.15 Å². The van der Waals surface area contributed by atoms with Gasteiger partial charge in [-0.3, -0.25) is 0 Å². The predicted molar refractivity (Wildman–Crippen MR) is 66.0 cm³/mol. The SMILES string of the molecule is CNCc1nc(-c2ccccc2OC)oc1C. The first-order chi connectivity index (χ1) is 8.26. The van der Waals surface area contributed by atoms with E-state index in [9.17, 15) is 0 Å². The number of para-hydroxylation sites is 1. The maximum Gasteiger partial charge on any atom is 0.230 e. The van der Waals surface area contributed by atoms with Gasteiger partial charge in [-0.25, -0.2) is 4.98 Å². The summed E-state index contributed by atoms with van der Waals surface area (Å²) in [5, 5.41) is 3.06. The minimum Gasteiger partial charge on any atom is -0.496 e. The number of nitrogens with one attached hydrogen (secondary N) is 1. The predicted octanol–water partition coefficient (Wildman–Crippen LogP) is 2.38. The van der Waals surface area contributed by atoms with Crippen LogP contribution < -0.4 is 10.1 Å². The Kier molecular flexibility index (Phi) is 3.44. The van der Waals surface area contributed by atoms with Gasteiger partial charge in [0.15, 0.2) is 0 Å². The first kappa shape index (κ1) is 11.7. The van der Waals surface area contributed by atoms with E-state index in [0.717, 1.165) is 22.8 Å². The van der Waals surface area contributed by atoms with Crippen LogP contribution in [0.1, 0.15) is 11.5 Å². The third-order valence-corrected chi connectivity index (χ3v) is 2.57. The van der Waals surface area contributed by atoms with Gasteiger partial charge in [0, 0.05) is 6.54 Å². The number of aromatic nitrogens is 1.